The van der Waals surface area contributed by atoms with Gasteiger partial charge in [-0.1, -0.05) is 41.5 Å². The lowest BCUT2D eigenvalue weighted by Crippen LogP contribution is -2.54. The van der Waals surface area contributed by atoms with Gasteiger partial charge in [-0.2, -0.15) is 0 Å². The summed E-state index contributed by atoms with van der Waals surface area (Å²) in [4.78, 5) is 0. The van der Waals surface area contributed by atoms with Gasteiger partial charge in [-0.3, -0.25) is 0 Å². The van der Waals surface area contributed by atoms with Crippen LogP contribution in [0.4, 0.5) is 0 Å². The molecule has 2 N–H and O–H groups in total. The minimum atomic E-state index is -0.145. The Labute approximate surface area is 186 Å². The summed E-state index contributed by atoms with van der Waals surface area (Å²) in [6.07, 6.45) is 12.3. The smallest absolute Gasteiger partial charge is 0.0571 e. The van der Waals surface area contributed by atoms with Crippen molar-refractivity contribution in [3.05, 3.63) is 0 Å². The van der Waals surface area contributed by atoms with Gasteiger partial charge in [0.1, 0.15) is 0 Å². The Morgan fingerprint density at radius 2 is 1.50 bits per heavy atom. The van der Waals surface area contributed by atoms with Gasteiger partial charge in [0, 0.05) is 0 Å². The van der Waals surface area contributed by atoms with Gasteiger partial charge in [0.25, 0.3) is 0 Å². The van der Waals surface area contributed by atoms with Crippen molar-refractivity contribution in [1.82, 2.24) is 0 Å². The van der Waals surface area contributed by atoms with Crippen molar-refractivity contribution < 1.29 is 10.2 Å². The Morgan fingerprint density at radius 1 is 0.833 bits per heavy atom. The SMILES string of the molecule is CC(C)[C@H](C)C[C@H](O)[C@@H](C)[C@H]1CC[C@H]2[C@@H]3CC[C@H]4CC(O)CC[C@]4(C)[C@H]3CC[C@]12C. The van der Waals surface area contributed by atoms with Crippen LogP contribution in [0.25, 0.3) is 0 Å². The predicted octanol–water partition coefficient (Wildman–Crippen LogP) is 6.69. The zero-order valence-electron chi connectivity index (χ0n) is 20.7. The maximum Gasteiger partial charge on any atom is 0.0571 e. The van der Waals surface area contributed by atoms with E-state index in [1.807, 2.05) is 0 Å². The Kier molecular flexibility index (Phi) is 6.44. The van der Waals surface area contributed by atoms with E-state index in [2.05, 4.69) is 41.5 Å². The van der Waals surface area contributed by atoms with Crippen LogP contribution in [0.15, 0.2) is 0 Å². The Bertz CT molecular complexity index is 601. The Morgan fingerprint density at radius 3 is 2.20 bits per heavy atom. The zero-order valence-corrected chi connectivity index (χ0v) is 20.7. The molecule has 2 heteroatoms. The quantitative estimate of drug-likeness (QED) is 0.522. The molecule has 4 aliphatic carbocycles. The second kappa shape index (κ2) is 8.36. The van der Waals surface area contributed by atoms with E-state index in [9.17, 15) is 10.2 Å². The van der Waals surface area contributed by atoms with Gasteiger partial charge in [0.15, 0.2) is 0 Å². The van der Waals surface area contributed by atoms with Crippen molar-refractivity contribution in [2.75, 3.05) is 0 Å². The van der Waals surface area contributed by atoms with Gasteiger partial charge in [0.05, 0.1) is 12.2 Å². The molecule has 0 radical (unpaired) electrons. The van der Waals surface area contributed by atoms with Crippen LogP contribution in [0.5, 0.6) is 0 Å². The molecule has 174 valence electrons. The summed E-state index contributed by atoms with van der Waals surface area (Å²) in [6, 6.07) is 0. The summed E-state index contributed by atoms with van der Waals surface area (Å²) in [5.74, 6) is 5.75. The maximum atomic E-state index is 11.1. The van der Waals surface area contributed by atoms with Crippen molar-refractivity contribution in [1.29, 1.82) is 0 Å². The fourth-order valence-electron chi connectivity index (χ4n) is 9.28. The lowest BCUT2D eigenvalue weighted by atomic mass is 9.44. The van der Waals surface area contributed by atoms with Crippen molar-refractivity contribution >= 4 is 0 Å². The lowest BCUT2D eigenvalue weighted by molar-refractivity contribution is -0.132. The third-order valence-electron chi connectivity index (χ3n) is 11.7. The molecule has 0 heterocycles. The largest absolute Gasteiger partial charge is 0.393 e. The zero-order chi connectivity index (χ0) is 21.8. The molecule has 0 aliphatic heterocycles. The molecule has 0 saturated heterocycles. The fourth-order valence-corrected chi connectivity index (χ4v) is 9.28. The van der Waals surface area contributed by atoms with E-state index >= 15 is 0 Å². The minimum Gasteiger partial charge on any atom is -0.393 e. The highest BCUT2D eigenvalue weighted by Gasteiger charge is 2.60. The molecule has 4 rings (SSSR count). The number of rotatable bonds is 5. The summed E-state index contributed by atoms with van der Waals surface area (Å²) in [5.41, 5.74) is 0.902. The number of fused-ring (bicyclic) bond motifs is 5. The molecule has 2 nitrogen and oxygen atoms in total. The van der Waals surface area contributed by atoms with Crippen LogP contribution in [0.3, 0.4) is 0 Å². The molecule has 0 bridgehead atoms. The standard InChI is InChI=1S/C28H50O2/c1-17(2)18(3)15-26(30)19(4)23-9-10-24-22-8-7-20-16-21(29)11-13-27(20,5)25(22)12-14-28(23,24)6/h17-26,29-30H,7-16H2,1-6H3/t18-,19+,20+,21?,22+,23-,24+,25+,26+,27+,28-/m1/s1. The molecule has 4 aliphatic rings. The number of aliphatic hydroxyl groups excluding tert-OH is 2. The van der Waals surface area contributed by atoms with Crippen LogP contribution < -0.4 is 0 Å². The van der Waals surface area contributed by atoms with Gasteiger partial charge < -0.3 is 10.2 Å². The van der Waals surface area contributed by atoms with E-state index in [-0.39, 0.29) is 12.2 Å². The second-order valence-corrected chi connectivity index (χ2v) is 13.2. The molecule has 11 atom stereocenters. The van der Waals surface area contributed by atoms with Gasteiger partial charge >= 0.3 is 0 Å². The third-order valence-corrected chi connectivity index (χ3v) is 11.7. The van der Waals surface area contributed by atoms with E-state index < -0.39 is 0 Å². The van der Waals surface area contributed by atoms with Gasteiger partial charge in [-0.05, 0) is 122 Å². The summed E-state index contributed by atoms with van der Waals surface area (Å²) in [7, 11) is 0. The van der Waals surface area contributed by atoms with E-state index in [0.717, 1.165) is 42.9 Å². The average Bonchev–Trinajstić information content (AvgIpc) is 3.04. The topological polar surface area (TPSA) is 40.5 Å². The highest BCUT2D eigenvalue weighted by Crippen LogP contribution is 2.68. The molecule has 1 unspecified atom stereocenters. The predicted molar refractivity (Wildman–Crippen MR) is 125 cm³/mol. The fraction of sp³-hybridized carbons (Fsp3) is 1.00. The average molecular weight is 419 g/mol. The molecular weight excluding hydrogens is 368 g/mol. The minimum absolute atomic E-state index is 0.0417. The molecular formula is C28H50O2. The normalized spacial score (nSPS) is 49.1. The van der Waals surface area contributed by atoms with Gasteiger partial charge in [-0.15, -0.1) is 0 Å². The van der Waals surface area contributed by atoms with Crippen LogP contribution >= 0.6 is 0 Å². The van der Waals surface area contributed by atoms with Crippen molar-refractivity contribution in [2.45, 2.75) is 118 Å². The van der Waals surface area contributed by atoms with Crippen molar-refractivity contribution in [3.63, 3.8) is 0 Å². The lowest BCUT2D eigenvalue weighted by Gasteiger charge is -2.61. The molecule has 0 amide bonds. The molecule has 0 aromatic heterocycles. The van der Waals surface area contributed by atoms with E-state index in [1.165, 1.54) is 44.9 Å². The highest BCUT2D eigenvalue weighted by atomic mass is 16.3. The first kappa shape index (κ1) is 23.1. The highest BCUT2D eigenvalue weighted by molar-refractivity contribution is 5.10. The Balaban J connectivity index is 1.49. The summed E-state index contributed by atoms with van der Waals surface area (Å²) >= 11 is 0. The van der Waals surface area contributed by atoms with Crippen LogP contribution in [0.1, 0.15) is 106 Å². The maximum absolute atomic E-state index is 11.1. The summed E-state index contributed by atoms with van der Waals surface area (Å²) in [5, 5.41) is 21.4. The molecule has 0 aromatic carbocycles. The Hall–Kier alpha value is -0.0800. The molecule has 4 fully saturated rings. The first-order valence-corrected chi connectivity index (χ1v) is 13.4. The molecule has 4 saturated carbocycles. The third kappa shape index (κ3) is 3.70. The van der Waals surface area contributed by atoms with Gasteiger partial charge in [0.2, 0.25) is 0 Å². The number of hydrogen-bond donors (Lipinski definition) is 2. The van der Waals surface area contributed by atoms with E-state index in [4.69, 9.17) is 0 Å². The first-order chi connectivity index (χ1) is 14.1. The number of hydrogen-bond acceptors (Lipinski definition) is 2. The van der Waals surface area contributed by atoms with Crippen LogP contribution in [0.2, 0.25) is 0 Å². The molecule has 0 spiro atoms. The van der Waals surface area contributed by atoms with Crippen molar-refractivity contribution in [3.8, 4) is 0 Å². The summed E-state index contributed by atoms with van der Waals surface area (Å²) in [6.45, 7) is 14.5. The van der Waals surface area contributed by atoms with Gasteiger partial charge in [-0.25, -0.2) is 0 Å². The van der Waals surface area contributed by atoms with Crippen molar-refractivity contribution in [2.24, 2.45) is 58.2 Å². The summed E-state index contributed by atoms with van der Waals surface area (Å²) < 4.78 is 0. The van der Waals surface area contributed by atoms with Crippen LogP contribution in [-0.4, -0.2) is 22.4 Å². The molecule has 30 heavy (non-hydrogen) atoms. The first-order valence-electron chi connectivity index (χ1n) is 13.4. The second-order valence-electron chi connectivity index (χ2n) is 13.2. The van der Waals surface area contributed by atoms with E-state index in [0.29, 0.717) is 34.5 Å². The van der Waals surface area contributed by atoms with Crippen LogP contribution in [0, 0.1) is 58.2 Å². The number of aliphatic hydroxyl groups is 2. The van der Waals surface area contributed by atoms with E-state index in [1.54, 1.807) is 0 Å². The van der Waals surface area contributed by atoms with Crippen LogP contribution in [-0.2, 0) is 0 Å². The monoisotopic (exact) mass is 418 g/mol. The molecule has 0 aromatic rings.